The molecule has 0 saturated heterocycles. The first kappa shape index (κ1) is 19.4. The third-order valence-corrected chi connectivity index (χ3v) is 6.18. The second-order valence-electron chi connectivity index (χ2n) is 6.62. The zero-order valence-corrected chi connectivity index (χ0v) is 17.6. The summed E-state index contributed by atoms with van der Waals surface area (Å²) in [5, 5.41) is 1.11. The summed E-state index contributed by atoms with van der Waals surface area (Å²) in [5.41, 5.74) is 3.20. The van der Waals surface area contributed by atoms with Crippen LogP contribution in [0.5, 0.6) is 17.2 Å². The zero-order valence-electron chi connectivity index (χ0n) is 15.2. The maximum Gasteiger partial charge on any atom is 0.517 e. The van der Waals surface area contributed by atoms with Crippen molar-refractivity contribution in [2.75, 3.05) is 0 Å². The molecule has 1 aliphatic heterocycles. The highest BCUT2D eigenvalue weighted by Crippen LogP contribution is 2.56. The van der Waals surface area contributed by atoms with E-state index in [1.54, 1.807) is 36.4 Å². The number of phosphoric ester groups is 1. The van der Waals surface area contributed by atoms with Gasteiger partial charge in [0.15, 0.2) is 17.2 Å². The van der Waals surface area contributed by atoms with Gasteiger partial charge in [-0.1, -0.05) is 41.4 Å². The van der Waals surface area contributed by atoms with Crippen LogP contribution in [0.4, 0.5) is 0 Å². The highest BCUT2D eigenvalue weighted by Gasteiger charge is 2.41. The molecule has 0 N–H and O–H groups in total. The predicted molar refractivity (Wildman–Crippen MR) is 110 cm³/mol. The first-order valence-corrected chi connectivity index (χ1v) is 10.9. The number of halogens is 2. The second kappa shape index (κ2) is 7.46. The van der Waals surface area contributed by atoms with Crippen LogP contribution < -0.4 is 18.5 Å². The molecule has 0 unspecified atom stereocenters. The molecule has 0 bridgehead atoms. The van der Waals surface area contributed by atoms with E-state index in [1.807, 2.05) is 32.0 Å². The Balaban J connectivity index is 1.83. The van der Waals surface area contributed by atoms with Crippen LogP contribution in [0.2, 0.25) is 10.0 Å². The summed E-state index contributed by atoms with van der Waals surface area (Å²) in [6.07, 6.45) is 0.467. The maximum absolute atomic E-state index is 13.6. The van der Waals surface area contributed by atoms with Crippen LogP contribution in [0.3, 0.4) is 0 Å². The largest absolute Gasteiger partial charge is 0.583 e. The van der Waals surface area contributed by atoms with Crippen molar-refractivity contribution in [3.8, 4) is 17.2 Å². The fraction of sp³-hybridized carbons (Fsp3) is 0.143. The minimum Gasteiger partial charge on any atom is -0.583 e. The van der Waals surface area contributed by atoms with E-state index >= 15 is 0 Å². The second-order valence-corrected chi connectivity index (χ2v) is 8.94. The van der Waals surface area contributed by atoms with Crippen molar-refractivity contribution < 1.29 is 18.5 Å². The lowest BCUT2D eigenvalue weighted by Gasteiger charge is -2.29. The van der Waals surface area contributed by atoms with Gasteiger partial charge in [-0.2, -0.15) is 0 Å². The highest BCUT2D eigenvalue weighted by molar-refractivity contribution is 7.55. The summed E-state index contributed by atoms with van der Waals surface area (Å²) in [6.45, 7) is 3.75. The summed E-state index contributed by atoms with van der Waals surface area (Å²) in [4.78, 5) is 13.6. The smallest absolute Gasteiger partial charge is 0.517 e. The van der Waals surface area contributed by atoms with Crippen LogP contribution in [0.1, 0.15) is 22.3 Å². The Hall–Kier alpha value is -1.97. The van der Waals surface area contributed by atoms with E-state index in [9.17, 15) is 4.89 Å². The van der Waals surface area contributed by atoms with Crippen molar-refractivity contribution in [2.24, 2.45) is 0 Å². The van der Waals surface area contributed by atoms with Crippen molar-refractivity contribution in [3.63, 3.8) is 0 Å². The number of para-hydroxylation sites is 1. The van der Waals surface area contributed by atoms with Gasteiger partial charge in [0, 0.05) is 27.6 Å². The molecule has 28 heavy (non-hydrogen) atoms. The van der Waals surface area contributed by atoms with Crippen molar-refractivity contribution >= 4 is 31.4 Å². The van der Waals surface area contributed by atoms with Crippen LogP contribution in [0.15, 0.2) is 54.6 Å². The van der Waals surface area contributed by atoms with Crippen molar-refractivity contribution in [2.45, 2.75) is 20.3 Å². The Bertz CT molecular complexity index is 981. The maximum atomic E-state index is 13.6. The van der Waals surface area contributed by atoms with E-state index in [0.29, 0.717) is 33.7 Å². The molecule has 0 saturated carbocycles. The minimum atomic E-state index is -4.04. The predicted octanol–water partition coefficient (Wildman–Crippen LogP) is 6.09. The standard InChI is InChI=1S/C21H17Cl2O4P/c1-13-4-3-5-14(2)21(13)27-28(24)25-19-8-6-17(22)11-15(19)10-16-12-18(23)7-9-20(16)26-28/h3-9,11-12H,10H2,1-2H3. The number of benzene rings is 3. The van der Waals surface area contributed by atoms with E-state index in [1.165, 1.54) is 0 Å². The van der Waals surface area contributed by atoms with Gasteiger partial charge in [0.1, 0.15) is 0 Å². The zero-order chi connectivity index (χ0) is 19.9. The van der Waals surface area contributed by atoms with Crippen LogP contribution in [-0.2, 0) is 6.42 Å². The average molecular weight is 435 g/mol. The molecule has 0 fully saturated rings. The topological polar surface area (TPSA) is 50.8 Å². The number of hydrogen-bond acceptors (Lipinski definition) is 4. The lowest BCUT2D eigenvalue weighted by Crippen LogP contribution is -2.28. The first-order chi connectivity index (χ1) is 13.3. The number of rotatable bonds is 2. The molecule has 1 heterocycles. The van der Waals surface area contributed by atoms with Gasteiger partial charge in [0.05, 0.1) is 0 Å². The Morgan fingerprint density at radius 1 is 0.857 bits per heavy atom. The van der Waals surface area contributed by atoms with Gasteiger partial charge >= 0.3 is 8.17 Å². The average Bonchev–Trinajstić information content (AvgIpc) is 2.62. The lowest BCUT2D eigenvalue weighted by atomic mass is 10.0. The Morgan fingerprint density at radius 3 is 1.86 bits per heavy atom. The van der Waals surface area contributed by atoms with E-state index < -0.39 is 8.17 Å². The summed E-state index contributed by atoms with van der Waals surface area (Å²) in [7, 11) is -4.04. The van der Waals surface area contributed by atoms with Crippen molar-refractivity contribution in [1.82, 2.24) is 0 Å². The molecule has 3 aromatic rings. The van der Waals surface area contributed by atoms with Crippen LogP contribution in [-0.4, -0.2) is 0 Å². The van der Waals surface area contributed by atoms with Gasteiger partial charge < -0.3 is 4.89 Å². The molecule has 4 rings (SSSR count). The first-order valence-electron chi connectivity index (χ1n) is 8.65. The van der Waals surface area contributed by atoms with Gasteiger partial charge in [-0.15, -0.1) is 0 Å². The number of fused-ring (bicyclic) bond motifs is 2. The molecule has 0 aromatic heterocycles. The molecular formula is C21H17Cl2O4P. The molecule has 3 aromatic carbocycles. The van der Waals surface area contributed by atoms with Gasteiger partial charge in [-0.25, -0.2) is 0 Å². The molecule has 0 amide bonds. The molecule has 0 aliphatic carbocycles. The molecule has 1 aliphatic rings. The van der Waals surface area contributed by atoms with E-state index in [4.69, 9.17) is 36.8 Å². The Kier molecular flexibility index (Phi) is 5.15. The van der Waals surface area contributed by atoms with E-state index in [0.717, 1.165) is 22.3 Å². The summed E-state index contributed by atoms with van der Waals surface area (Å²) >= 11 is 12.3. The van der Waals surface area contributed by atoms with Crippen molar-refractivity contribution in [3.05, 3.63) is 86.9 Å². The Labute approximate surface area is 174 Å². The molecule has 0 radical (unpaired) electrons. The van der Waals surface area contributed by atoms with Gasteiger partial charge in [-0.3, -0.25) is 13.6 Å². The third-order valence-electron chi connectivity index (χ3n) is 4.46. The van der Waals surface area contributed by atoms with Crippen LogP contribution in [0, 0.1) is 13.8 Å². The van der Waals surface area contributed by atoms with Crippen LogP contribution >= 0.6 is 31.4 Å². The molecule has 0 atom stereocenters. The van der Waals surface area contributed by atoms with Gasteiger partial charge in [0.25, 0.3) is 0 Å². The summed E-state index contributed by atoms with van der Waals surface area (Å²) in [6, 6.07) is 15.9. The quantitative estimate of drug-likeness (QED) is 0.458. The van der Waals surface area contributed by atoms with E-state index in [-0.39, 0.29) is 0 Å². The molecule has 4 nitrogen and oxygen atoms in total. The molecule has 7 heteroatoms. The fourth-order valence-corrected chi connectivity index (χ4v) is 4.96. The Morgan fingerprint density at radius 2 is 1.36 bits per heavy atom. The number of aryl methyl sites for hydroxylation is 2. The number of phosphoric acid groups is 1. The third kappa shape index (κ3) is 3.92. The summed E-state index contributed by atoms with van der Waals surface area (Å²) in [5.74, 6) is 1.26. The normalized spacial score (nSPS) is 14.6. The fourth-order valence-electron chi connectivity index (χ4n) is 3.11. The van der Waals surface area contributed by atoms with Gasteiger partial charge in [-0.05, 0) is 61.4 Å². The molecule has 0 spiro atoms. The van der Waals surface area contributed by atoms with E-state index in [2.05, 4.69) is 0 Å². The molecule has 144 valence electrons. The highest BCUT2D eigenvalue weighted by atomic mass is 35.5. The summed E-state index contributed by atoms with van der Waals surface area (Å²) < 4.78 is 17.5. The lowest BCUT2D eigenvalue weighted by molar-refractivity contribution is -0.222. The van der Waals surface area contributed by atoms with Gasteiger partial charge in [0.2, 0.25) is 0 Å². The number of hydrogen-bond donors (Lipinski definition) is 0. The SMILES string of the molecule is Cc1cccc(C)c1O[P+]1([O-])Oc2ccc(Cl)cc2Cc2cc(Cl)ccc2O1. The minimum absolute atomic E-state index is 0.393. The molecular weight excluding hydrogens is 418 g/mol. The van der Waals surface area contributed by atoms with Crippen molar-refractivity contribution in [1.29, 1.82) is 0 Å². The monoisotopic (exact) mass is 434 g/mol. The van der Waals surface area contributed by atoms with Crippen LogP contribution in [0.25, 0.3) is 0 Å².